The molecule has 0 bridgehead atoms. The third-order valence-corrected chi connectivity index (χ3v) is 5.68. The lowest BCUT2D eigenvalue weighted by molar-refractivity contribution is -0.138. The number of carbonyl (C=O) groups excluding carboxylic acids is 2. The highest BCUT2D eigenvalue weighted by Crippen LogP contribution is 2.26. The van der Waals surface area contributed by atoms with Crippen LogP contribution in [-0.4, -0.2) is 69.5 Å². The summed E-state index contributed by atoms with van der Waals surface area (Å²) in [6.45, 7) is 5.64. The molecule has 2 N–H and O–H groups in total. The van der Waals surface area contributed by atoms with Gasteiger partial charge in [0.25, 0.3) is 0 Å². The minimum absolute atomic E-state index is 0.0375. The van der Waals surface area contributed by atoms with Gasteiger partial charge in [-0.15, -0.1) is 0 Å². The van der Waals surface area contributed by atoms with Gasteiger partial charge < -0.3 is 10.2 Å². The van der Waals surface area contributed by atoms with Gasteiger partial charge in [-0.3, -0.25) is 19.6 Å². The topological polar surface area (TPSA) is 94.2 Å². The summed E-state index contributed by atoms with van der Waals surface area (Å²) in [5, 5.41) is 9.79. The Bertz CT molecular complexity index is 814. The maximum atomic E-state index is 12.8. The van der Waals surface area contributed by atoms with Gasteiger partial charge in [0.2, 0.25) is 11.8 Å². The minimum atomic E-state index is -0.258. The zero-order valence-corrected chi connectivity index (χ0v) is 17.4. The first-order valence-corrected chi connectivity index (χ1v) is 10.2. The van der Waals surface area contributed by atoms with Crippen molar-refractivity contribution in [2.45, 2.75) is 45.1 Å². The van der Waals surface area contributed by atoms with Gasteiger partial charge in [0, 0.05) is 18.7 Å². The molecule has 8 heteroatoms. The van der Waals surface area contributed by atoms with E-state index in [0.717, 1.165) is 49.4 Å². The fourth-order valence-corrected chi connectivity index (χ4v) is 3.88. The number of amides is 2. The number of nitrogens with one attached hydrogen (secondary N) is 2. The molecule has 1 aromatic carbocycles. The van der Waals surface area contributed by atoms with Crippen LogP contribution in [0.5, 0.6) is 0 Å². The Balaban J connectivity index is 1.49. The zero-order valence-electron chi connectivity index (χ0n) is 17.4. The molecule has 2 aromatic rings. The smallest absolute Gasteiger partial charge is 0.243 e. The molecular formula is C21H30N6O2. The Morgan fingerprint density at radius 1 is 1.31 bits per heavy atom. The Morgan fingerprint density at radius 3 is 2.69 bits per heavy atom. The van der Waals surface area contributed by atoms with Crippen LogP contribution in [0.2, 0.25) is 0 Å². The van der Waals surface area contributed by atoms with Crippen molar-refractivity contribution in [2.24, 2.45) is 0 Å². The van der Waals surface area contributed by atoms with E-state index in [1.807, 2.05) is 38.1 Å². The van der Waals surface area contributed by atoms with Crippen LogP contribution >= 0.6 is 0 Å². The van der Waals surface area contributed by atoms with Crippen LogP contribution in [0.4, 0.5) is 5.69 Å². The third kappa shape index (κ3) is 5.20. The van der Waals surface area contributed by atoms with Crippen LogP contribution in [0.1, 0.15) is 44.0 Å². The number of likely N-dealkylation sites (tertiary alicyclic amines) is 1. The second kappa shape index (κ2) is 9.65. The van der Waals surface area contributed by atoms with Gasteiger partial charge in [0.1, 0.15) is 12.2 Å². The van der Waals surface area contributed by atoms with Gasteiger partial charge in [0.05, 0.1) is 12.6 Å². The van der Waals surface area contributed by atoms with Crippen LogP contribution in [0.3, 0.4) is 0 Å². The highest BCUT2D eigenvalue weighted by molar-refractivity contribution is 5.95. The maximum Gasteiger partial charge on any atom is 0.243 e. The van der Waals surface area contributed by atoms with Crippen molar-refractivity contribution >= 4 is 17.5 Å². The first-order valence-electron chi connectivity index (χ1n) is 10.2. The number of carbonyl (C=O) groups is 2. The lowest BCUT2D eigenvalue weighted by Crippen LogP contribution is -2.49. The fraction of sp³-hybridized carbons (Fsp3) is 0.524. The Kier molecular flexibility index (Phi) is 6.98. The summed E-state index contributed by atoms with van der Waals surface area (Å²) in [5.74, 6) is 1.06. The first kappa shape index (κ1) is 21.0. The maximum absolute atomic E-state index is 12.8. The molecule has 1 aliphatic heterocycles. The number of aromatic amines is 1. The Hall–Kier alpha value is -2.74. The lowest BCUT2D eigenvalue weighted by Gasteiger charge is -2.36. The van der Waals surface area contributed by atoms with Crippen molar-refractivity contribution in [3.05, 3.63) is 42.0 Å². The van der Waals surface area contributed by atoms with Crippen molar-refractivity contribution in [2.75, 3.05) is 32.0 Å². The molecule has 1 aromatic heterocycles. The second-order valence-corrected chi connectivity index (χ2v) is 7.61. The van der Waals surface area contributed by atoms with Crippen molar-refractivity contribution in [3.8, 4) is 0 Å². The van der Waals surface area contributed by atoms with Crippen LogP contribution in [-0.2, 0) is 16.0 Å². The molecule has 0 aliphatic carbocycles. The number of H-pyrrole nitrogens is 1. The highest BCUT2D eigenvalue weighted by atomic mass is 16.2. The van der Waals surface area contributed by atoms with Gasteiger partial charge in [0.15, 0.2) is 0 Å². The monoisotopic (exact) mass is 398 g/mol. The Labute approximate surface area is 171 Å². The standard InChI is InChI=1S/C21H30N6O2/c1-4-16-7-5-6-8-18(16)24-19(28)13-26(3)21(29)15(2)27-11-9-17(10-12-27)20-22-14-23-25-20/h5-8,14-15,17H,4,9-13H2,1-3H3,(H,24,28)(H,22,23,25)/t15-/m0/s1. The summed E-state index contributed by atoms with van der Waals surface area (Å²) in [6.07, 6.45) is 4.24. The average molecular weight is 399 g/mol. The van der Waals surface area contributed by atoms with E-state index in [-0.39, 0.29) is 24.4 Å². The van der Waals surface area contributed by atoms with Gasteiger partial charge in [-0.05, 0) is 50.9 Å². The predicted molar refractivity (Wildman–Crippen MR) is 111 cm³/mol. The van der Waals surface area contributed by atoms with Crippen molar-refractivity contribution < 1.29 is 9.59 Å². The van der Waals surface area contributed by atoms with E-state index in [2.05, 4.69) is 25.4 Å². The summed E-state index contributed by atoms with van der Waals surface area (Å²) >= 11 is 0. The molecule has 0 radical (unpaired) electrons. The van der Waals surface area contributed by atoms with Crippen molar-refractivity contribution in [1.29, 1.82) is 0 Å². The summed E-state index contributed by atoms with van der Waals surface area (Å²) in [4.78, 5) is 33.2. The zero-order chi connectivity index (χ0) is 20.8. The number of hydrogen-bond acceptors (Lipinski definition) is 5. The molecule has 1 fully saturated rings. The quantitative estimate of drug-likeness (QED) is 0.744. The van der Waals surface area contributed by atoms with E-state index in [0.29, 0.717) is 5.92 Å². The highest BCUT2D eigenvalue weighted by Gasteiger charge is 2.30. The van der Waals surface area contributed by atoms with E-state index >= 15 is 0 Å². The minimum Gasteiger partial charge on any atom is -0.335 e. The summed E-state index contributed by atoms with van der Waals surface area (Å²) in [7, 11) is 1.69. The first-order chi connectivity index (χ1) is 14.0. The van der Waals surface area contributed by atoms with Crippen molar-refractivity contribution in [1.82, 2.24) is 25.0 Å². The van der Waals surface area contributed by atoms with Crippen LogP contribution in [0, 0.1) is 0 Å². The molecule has 0 spiro atoms. The molecule has 0 saturated carbocycles. The van der Waals surface area contributed by atoms with E-state index < -0.39 is 0 Å². The lowest BCUT2D eigenvalue weighted by atomic mass is 9.95. The fourth-order valence-electron chi connectivity index (χ4n) is 3.88. The number of anilines is 1. The molecule has 29 heavy (non-hydrogen) atoms. The third-order valence-electron chi connectivity index (χ3n) is 5.68. The van der Waals surface area contributed by atoms with Gasteiger partial charge >= 0.3 is 0 Å². The molecule has 2 amide bonds. The van der Waals surface area contributed by atoms with E-state index in [1.54, 1.807) is 7.05 Å². The van der Waals surface area contributed by atoms with E-state index in [1.165, 1.54) is 11.2 Å². The number of aryl methyl sites for hydroxylation is 1. The Morgan fingerprint density at radius 2 is 2.03 bits per heavy atom. The van der Waals surface area contributed by atoms with Crippen LogP contribution in [0.25, 0.3) is 0 Å². The summed E-state index contributed by atoms with van der Waals surface area (Å²) in [6, 6.07) is 7.48. The van der Waals surface area contributed by atoms with E-state index in [4.69, 9.17) is 0 Å². The molecule has 2 heterocycles. The molecule has 1 saturated heterocycles. The van der Waals surface area contributed by atoms with Crippen molar-refractivity contribution in [3.63, 3.8) is 0 Å². The number of likely N-dealkylation sites (N-methyl/N-ethyl adjacent to an activating group) is 1. The molecule has 1 aliphatic rings. The number of piperidine rings is 1. The van der Waals surface area contributed by atoms with Crippen LogP contribution < -0.4 is 5.32 Å². The molecular weight excluding hydrogens is 368 g/mol. The second-order valence-electron chi connectivity index (χ2n) is 7.61. The normalized spacial score (nSPS) is 16.4. The SMILES string of the molecule is CCc1ccccc1NC(=O)CN(C)C(=O)[C@H](C)N1CCC(c2ncn[nH]2)CC1. The van der Waals surface area contributed by atoms with Gasteiger partial charge in [-0.2, -0.15) is 5.10 Å². The largest absolute Gasteiger partial charge is 0.335 e. The summed E-state index contributed by atoms with van der Waals surface area (Å²) < 4.78 is 0. The number of nitrogens with zero attached hydrogens (tertiary/aromatic N) is 4. The van der Waals surface area contributed by atoms with E-state index in [9.17, 15) is 9.59 Å². The van der Waals surface area contributed by atoms with Gasteiger partial charge in [-0.25, -0.2) is 4.98 Å². The number of rotatable bonds is 7. The predicted octanol–water partition coefficient (Wildman–Crippen LogP) is 2.03. The van der Waals surface area contributed by atoms with Gasteiger partial charge in [-0.1, -0.05) is 25.1 Å². The molecule has 3 rings (SSSR count). The summed E-state index contributed by atoms with van der Waals surface area (Å²) in [5.41, 5.74) is 1.89. The molecule has 0 unspecified atom stereocenters. The van der Waals surface area contributed by atoms with Crippen LogP contribution in [0.15, 0.2) is 30.6 Å². The molecule has 1 atom stereocenters. The molecule has 156 valence electrons. The number of benzene rings is 1. The molecule has 8 nitrogen and oxygen atoms in total. The average Bonchev–Trinajstić information content (AvgIpc) is 3.28. The number of aromatic nitrogens is 3. The number of para-hydroxylation sites is 1. The number of hydrogen-bond donors (Lipinski definition) is 2.